The summed E-state index contributed by atoms with van der Waals surface area (Å²) in [5, 5.41) is 0. The highest BCUT2D eigenvalue weighted by atomic mass is 16.5. The SMILES string of the molecule is CCCCCCCCCCCCCCCCCCOc1ccc(C=Nc2ccc(CCCCCCCCCCCC)cc2)cc1. The summed E-state index contributed by atoms with van der Waals surface area (Å²) in [5.41, 5.74) is 3.56. The molecule has 2 heteroatoms. The van der Waals surface area contributed by atoms with Crippen molar-refractivity contribution in [1.29, 1.82) is 0 Å². The maximum Gasteiger partial charge on any atom is 0.119 e. The molecule has 0 radical (unpaired) electrons. The Morgan fingerprint density at radius 1 is 0.444 bits per heavy atom. The molecule has 2 rings (SSSR count). The maximum atomic E-state index is 5.99. The van der Waals surface area contributed by atoms with Crippen molar-refractivity contribution < 1.29 is 4.74 Å². The molecule has 2 nitrogen and oxygen atoms in total. The third-order valence-electron chi connectivity index (χ3n) is 9.26. The summed E-state index contributed by atoms with van der Waals surface area (Å²) in [5.74, 6) is 0.962. The van der Waals surface area contributed by atoms with Crippen LogP contribution in [0.15, 0.2) is 53.5 Å². The average Bonchev–Trinajstić information content (AvgIpc) is 3.07. The van der Waals surface area contributed by atoms with E-state index in [1.807, 2.05) is 6.21 Å². The molecule has 0 N–H and O–H groups in total. The van der Waals surface area contributed by atoms with Crippen molar-refractivity contribution in [2.75, 3.05) is 6.61 Å². The molecule has 0 spiro atoms. The van der Waals surface area contributed by atoms with Crippen LogP contribution in [0, 0.1) is 0 Å². The number of benzene rings is 2. The number of aryl methyl sites for hydroxylation is 1. The van der Waals surface area contributed by atoms with Crippen LogP contribution in [-0.2, 0) is 6.42 Å². The smallest absolute Gasteiger partial charge is 0.119 e. The van der Waals surface area contributed by atoms with E-state index in [0.717, 1.165) is 30.0 Å². The van der Waals surface area contributed by atoms with Gasteiger partial charge in [-0.1, -0.05) is 180 Å². The van der Waals surface area contributed by atoms with Gasteiger partial charge in [-0.3, -0.25) is 4.99 Å². The number of hydrogen-bond acceptors (Lipinski definition) is 2. The van der Waals surface area contributed by atoms with Gasteiger partial charge in [-0.25, -0.2) is 0 Å². The Bertz CT molecular complexity index is 916. The minimum Gasteiger partial charge on any atom is -0.494 e. The number of aliphatic imine (C=N–C) groups is 1. The van der Waals surface area contributed by atoms with Crippen molar-refractivity contribution in [1.82, 2.24) is 0 Å². The van der Waals surface area contributed by atoms with E-state index >= 15 is 0 Å². The van der Waals surface area contributed by atoms with Crippen molar-refractivity contribution in [2.45, 2.75) is 187 Å². The number of hydrogen-bond donors (Lipinski definition) is 0. The van der Waals surface area contributed by atoms with E-state index in [9.17, 15) is 0 Å². The Hall–Kier alpha value is -2.09. The second-order valence-corrected chi connectivity index (χ2v) is 13.6. The van der Waals surface area contributed by atoms with Crippen molar-refractivity contribution >= 4 is 11.9 Å². The average molecular weight is 618 g/mol. The lowest BCUT2D eigenvalue weighted by Crippen LogP contribution is -1.97. The van der Waals surface area contributed by atoms with Crippen LogP contribution in [0.3, 0.4) is 0 Å². The van der Waals surface area contributed by atoms with Gasteiger partial charge < -0.3 is 4.74 Å². The van der Waals surface area contributed by atoms with Gasteiger partial charge in [-0.15, -0.1) is 0 Å². The normalized spacial score (nSPS) is 11.5. The van der Waals surface area contributed by atoms with Crippen LogP contribution in [0.5, 0.6) is 5.75 Å². The second-order valence-electron chi connectivity index (χ2n) is 13.6. The molecule has 0 aliphatic rings. The van der Waals surface area contributed by atoms with E-state index in [1.54, 1.807) is 0 Å². The van der Waals surface area contributed by atoms with Gasteiger partial charge in [0, 0.05) is 6.21 Å². The molecule has 0 saturated heterocycles. The summed E-state index contributed by atoms with van der Waals surface area (Å²) in [4.78, 5) is 4.69. The van der Waals surface area contributed by atoms with Gasteiger partial charge in [0.2, 0.25) is 0 Å². The van der Waals surface area contributed by atoms with Crippen LogP contribution in [0.2, 0.25) is 0 Å². The Kier molecular flexibility index (Phi) is 25.5. The lowest BCUT2D eigenvalue weighted by Gasteiger charge is -2.07. The Labute approximate surface area is 280 Å². The third kappa shape index (κ3) is 23.0. The van der Waals surface area contributed by atoms with E-state index in [4.69, 9.17) is 4.74 Å². The van der Waals surface area contributed by atoms with Gasteiger partial charge in [0.15, 0.2) is 0 Å². The highest BCUT2D eigenvalue weighted by molar-refractivity contribution is 5.82. The van der Waals surface area contributed by atoms with Crippen LogP contribution in [0.25, 0.3) is 0 Å². The predicted octanol–water partition coefficient (Wildman–Crippen LogP) is 14.5. The summed E-state index contributed by atoms with van der Waals surface area (Å²) >= 11 is 0. The zero-order chi connectivity index (χ0) is 31.9. The zero-order valence-corrected chi connectivity index (χ0v) is 29.9. The first-order valence-electron chi connectivity index (χ1n) is 19.7. The lowest BCUT2D eigenvalue weighted by molar-refractivity contribution is 0.304. The third-order valence-corrected chi connectivity index (χ3v) is 9.26. The van der Waals surface area contributed by atoms with Crippen molar-refractivity contribution in [3.8, 4) is 5.75 Å². The fourth-order valence-electron chi connectivity index (χ4n) is 6.20. The molecule has 0 saturated carbocycles. The van der Waals surface area contributed by atoms with Gasteiger partial charge in [-0.2, -0.15) is 0 Å². The van der Waals surface area contributed by atoms with Crippen LogP contribution < -0.4 is 4.74 Å². The molecule has 0 aromatic heterocycles. The molecule has 0 heterocycles. The molecule has 0 fully saturated rings. The highest BCUT2D eigenvalue weighted by Crippen LogP contribution is 2.18. The molecule has 0 atom stereocenters. The van der Waals surface area contributed by atoms with E-state index in [0.29, 0.717) is 0 Å². The van der Waals surface area contributed by atoms with Gasteiger partial charge >= 0.3 is 0 Å². The van der Waals surface area contributed by atoms with E-state index in [1.165, 1.54) is 173 Å². The summed E-state index contributed by atoms with van der Waals surface area (Å²) in [6.07, 6.45) is 39.4. The molecule has 0 bridgehead atoms. The molecule has 2 aromatic carbocycles. The topological polar surface area (TPSA) is 21.6 Å². The maximum absolute atomic E-state index is 5.99. The lowest BCUT2D eigenvalue weighted by atomic mass is 10.0. The first-order chi connectivity index (χ1) is 22.3. The fourth-order valence-corrected chi connectivity index (χ4v) is 6.20. The fraction of sp³-hybridized carbons (Fsp3) is 0.698. The summed E-state index contributed by atoms with van der Waals surface area (Å²) < 4.78 is 5.99. The Balaban J connectivity index is 1.43. The number of ether oxygens (including phenoxy) is 1. The van der Waals surface area contributed by atoms with E-state index in [-0.39, 0.29) is 0 Å². The van der Waals surface area contributed by atoms with Gasteiger partial charge in [0.25, 0.3) is 0 Å². The largest absolute Gasteiger partial charge is 0.494 e. The Morgan fingerprint density at radius 2 is 0.844 bits per heavy atom. The quantitative estimate of drug-likeness (QED) is 0.0609. The molecular weight excluding hydrogens is 546 g/mol. The predicted molar refractivity (Wildman–Crippen MR) is 201 cm³/mol. The van der Waals surface area contributed by atoms with E-state index in [2.05, 4.69) is 67.4 Å². The van der Waals surface area contributed by atoms with Crippen molar-refractivity contribution in [3.63, 3.8) is 0 Å². The molecule has 45 heavy (non-hydrogen) atoms. The van der Waals surface area contributed by atoms with Gasteiger partial charge in [0.1, 0.15) is 5.75 Å². The first-order valence-corrected chi connectivity index (χ1v) is 19.7. The summed E-state index contributed by atoms with van der Waals surface area (Å²) in [6.45, 7) is 5.40. The standard InChI is InChI=1S/C43H71NO/c1-3-5-7-9-11-13-15-16-17-18-19-20-22-24-26-28-38-45-43-36-32-41(33-37-43)39-44-42-34-30-40(31-35-42)29-27-25-23-21-14-12-10-8-6-4-2/h30-37,39H,3-29,38H2,1-2H3. The van der Waals surface area contributed by atoms with Crippen LogP contribution in [0.1, 0.15) is 192 Å². The van der Waals surface area contributed by atoms with Crippen LogP contribution >= 0.6 is 0 Å². The number of rotatable bonds is 31. The second kappa shape index (κ2) is 29.3. The van der Waals surface area contributed by atoms with Crippen LogP contribution in [-0.4, -0.2) is 12.8 Å². The molecular formula is C43H71NO. The molecule has 0 aliphatic heterocycles. The summed E-state index contributed by atoms with van der Waals surface area (Å²) in [6, 6.07) is 17.1. The molecule has 254 valence electrons. The molecule has 2 aromatic rings. The minimum atomic E-state index is 0.817. The Morgan fingerprint density at radius 3 is 1.29 bits per heavy atom. The van der Waals surface area contributed by atoms with Crippen molar-refractivity contribution in [3.05, 3.63) is 59.7 Å². The first kappa shape index (κ1) is 39.1. The van der Waals surface area contributed by atoms with Crippen molar-refractivity contribution in [2.24, 2.45) is 4.99 Å². The van der Waals surface area contributed by atoms with Gasteiger partial charge in [-0.05, 0) is 66.8 Å². The monoisotopic (exact) mass is 618 g/mol. The molecule has 0 aliphatic carbocycles. The highest BCUT2D eigenvalue weighted by Gasteiger charge is 1.99. The number of nitrogens with zero attached hydrogens (tertiary/aromatic N) is 1. The molecule has 0 amide bonds. The minimum absolute atomic E-state index is 0.817. The molecule has 0 unspecified atom stereocenters. The van der Waals surface area contributed by atoms with E-state index < -0.39 is 0 Å². The van der Waals surface area contributed by atoms with Crippen LogP contribution in [0.4, 0.5) is 5.69 Å². The number of unbranched alkanes of at least 4 members (excludes halogenated alkanes) is 24. The summed E-state index contributed by atoms with van der Waals surface area (Å²) in [7, 11) is 0. The van der Waals surface area contributed by atoms with Gasteiger partial charge in [0.05, 0.1) is 12.3 Å². The zero-order valence-electron chi connectivity index (χ0n) is 29.9.